The maximum Gasteiger partial charge on any atom is 0.319 e. The fourth-order valence-electron chi connectivity index (χ4n) is 1.42. The van der Waals surface area contributed by atoms with Crippen LogP contribution < -0.4 is 11.1 Å². The summed E-state index contributed by atoms with van der Waals surface area (Å²) in [5.74, 6) is -1.83. The number of hydrogen-bond donors (Lipinski definition) is 3. The molecule has 0 bridgehead atoms. The number of carbonyl (C=O) groups excluding carboxylic acids is 1. The van der Waals surface area contributed by atoms with Crippen molar-refractivity contribution in [2.45, 2.75) is 12.8 Å². The van der Waals surface area contributed by atoms with Gasteiger partial charge in [0.05, 0.1) is 0 Å². The van der Waals surface area contributed by atoms with Crippen LogP contribution in [0.15, 0.2) is 0 Å². The minimum atomic E-state index is -1.33. The molecule has 0 radical (unpaired) electrons. The molecule has 1 saturated heterocycles. The van der Waals surface area contributed by atoms with Gasteiger partial charge in [-0.3, -0.25) is 9.59 Å². The van der Waals surface area contributed by atoms with Gasteiger partial charge in [-0.15, -0.1) is 0 Å². The van der Waals surface area contributed by atoms with Gasteiger partial charge in [0.1, 0.15) is 5.41 Å². The third-order valence-electron chi connectivity index (χ3n) is 2.34. The van der Waals surface area contributed by atoms with Crippen molar-refractivity contribution in [1.29, 1.82) is 0 Å². The Bertz CT molecular complexity index is 193. The summed E-state index contributed by atoms with van der Waals surface area (Å²) in [6, 6.07) is 0. The highest BCUT2D eigenvalue weighted by atomic mass is 16.4. The number of carboxylic acids is 1. The van der Waals surface area contributed by atoms with Crippen LogP contribution in [0.25, 0.3) is 0 Å². The van der Waals surface area contributed by atoms with Crippen LogP contribution in [0.5, 0.6) is 0 Å². The molecule has 0 spiro atoms. The van der Waals surface area contributed by atoms with Gasteiger partial charge in [0.2, 0.25) is 5.91 Å². The monoisotopic (exact) mass is 172 g/mol. The van der Waals surface area contributed by atoms with Crippen molar-refractivity contribution < 1.29 is 14.7 Å². The first-order valence-corrected chi connectivity index (χ1v) is 3.83. The van der Waals surface area contributed by atoms with Crippen LogP contribution in [0, 0.1) is 5.41 Å². The quantitative estimate of drug-likeness (QED) is 0.462. The van der Waals surface area contributed by atoms with E-state index in [0.717, 1.165) is 0 Å². The number of rotatable bonds is 2. The van der Waals surface area contributed by atoms with Crippen molar-refractivity contribution in [3.05, 3.63) is 0 Å². The van der Waals surface area contributed by atoms with Crippen LogP contribution in [-0.4, -0.2) is 30.1 Å². The molecule has 0 atom stereocenters. The minimum absolute atomic E-state index is 0.289. The number of primary amides is 1. The lowest BCUT2D eigenvalue weighted by Crippen LogP contribution is -2.50. The molecule has 12 heavy (non-hydrogen) atoms. The Balaban J connectivity index is 2.84. The van der Waals surface area contributed by atoms with Crippen molar-refractivity contribution in [2.75, 3.05) is 13.1 Å². The fourth-order valence-corrected chi connectivity index (χ4v) is 1.42. The van der Waals surface area contributed by atoms with Crippen LogP contribution in [0.1, 0.15) is 12.8 Å². The van der Waals surface area contributed by atoms with Crippen molar-refractivity contribution in [3.8, 4) is 0 Å². The first-order chi connectivity index (χ1) is 5.59. The first kappa shape index (κ1) is 8.99. The second kappa shape index (κ2) is 3.10. The van der Waals surface area contributed by atoms with E-state index < -0.39 is 17.3 Å². The van der Waals surface area contributed by atoms with Crippen LogP contribution in [-0.2, 0) is 9.59 Å². The van der Waals surface area contributed by atoms with E-state index in [-0.39, 0.29) is 12.8 Å². The second-order valence-electron chi connectivity index (χ2n) is 3.00. The Morgan fingerprint density at radius 1 is 1.33 bits per heavy atom. The molecule has 4 N–H and O–H groups in total. The molecule has 1 amide bonds. The van der Waals surface area contributed by atoms with Crippen molar-refractivity contribution in [1.82, 2.24) is 5.32 Å². The summed E-state index contributed by atoms with van der Waals surface area (Å²) in [4.78, 5) is 21.7. The molecule has 0 aliphatic carbocycles. The first-order valence-electron chi connectivity index (χ1n) is 3.83. The summed E-state index contributed by atoms with van der Waals surface area (Å²) >= 11 is 0. The van der Waals surface area contributed by atoms with Gasteiger partial charge in [-0.1, -0.05) is 0 Å². The molecular formula is C7H12N2O3. The fraction of sp³-hybridized carbons (Fsp3) is 0.714. The van der Waals surface area contributed by atoms with Crippen molar-refractivity contribution >= 4 is 11.9 Å². The molecule has 1 aliphatic rings. The zero-order chi connectivity index (χ0) is 9.19. The number of nitrogens with two attached hydrogens (primary N) is 1. The second-order valence-corrected chi connectivity index (χ2v) is 3.00. The Hall–Kier alpha value is -1.10. The van der Waals surface area contributed by atoms with Gasteiger partial charge in [0.25, 0.3) is 0 Å². The molecule has 0 saturated carbocycles. The summed E-state index contributed by atoms with van der Waals surface area (Å²) in [7, 11) is 0. The number of nitrogens with one attached hydrogen (secondary N) is 1. The molecule has 1 rings (SSSR count). The molecule has 0 unspecified atom stereocenters. The zero-order valence-corrected chi connectivity index (χ0v) is 6.67. The van der Waals surface area contributed by atoms with Gasteiger partial charge in [0, 0.05) is 0 Å². The highest BCUT2D eigenvalue weighted by Crippen LogP contribution is 2.28. The molecule has 5 nitrogen and oxygen atoms in total. The summed E-state index contributed by atoms with van der Waals surface area (Å²) in [6.07, 6.45) is 0.579. The minimum Gasteiger partial charge on any atom is -0.480 e. The average molecular weight is 172 g/mol. The van der Waals surface area contributed by atoms with E-state index >= 15 is 0 Å². The van der Waals surface area contributed by atoms with E-state index in [4.69, 9.17) is 10.8 Å². The van der Waals surface area contributed by atoms with Gasteiger partial charge in [0.15, 0.2) is 0 Å². The smallest absolute Gasteiger partial charge is 0.319 e. The largest absolute Gasteiger partial charge is 0.480 e. The Morgan fingerprint density at radius 2 is 1.83 bits per heavy atom. The SMILES string of the molecule is NC(=O)C1(C(=O)O)CCNCC1. The lowest BCUT2D eigenvalue weighted by molar-refractivity contribution is -0.156. The van der Waals surface area contributed by atoms with Gasteiger partial charge >= 0.3 is 5.97 Å². The Labute approximate surface area is 69.9 Å². The molecule has 0 aromatic rings. The highest BCUT2D eigenvalue weighted by Gasteiger charge is 2.45. The number of aliphatic carboxylic acids is 1. The van der Waals surface area contributed by atoms with E-state index in [1.54, 1.807) is 0 Å². The van der Waals surface area contributed by atoms with E-state index in [0.29, 0.717) is 13.1 Å². The predicted molar refractivity (Wildman–Crippen MR) is 41.4 cm³/mol. The third-order valence-corrected chi connectivity index (χ3v) is 2.34. The van der Waals surface area contributed by atoms with Crippen LogP contribution in [0.4, 0.5) is 0 Å². The summed E-state index contributed by atoms with van der Waals surface area (Å²) in [6.45, 7) is 1.07. The number of amides is 1. The van der Waals surface area contributed by atoms with Gasteiger partial charge < -0.3 is 16.2 Å². The van der Waals surface area contributed by atoms with Gasteiger partial charge in [-0.2, -0.15) is 0 Å². The molecule has 68 valence electrons. The lowest BCUT2D eigenvalue weighted by atomic mass is 9.78. The van der Waals surface area contributed by atoms with Crippen LogP contribution in [0.2, 0.25) is 0 Å². The Kier molecular flexibility index (Phi) is 2.32. The van der Waals surface area contributed by atoms with Crippen LogP contribution >= 0.6 is 0 Å². The summed E-state index contributed by atoms with van der Waals surface area (Å²) in [5, 5.41) is 11.8. The third kappa shape index (κ3) is 1.27. The lowest BCUT2D eigenvalue weighted by Gasteiger charge is -2.30. The number of carboxylic acid groups (broad SMARTS) is 1. The maximum atomic E-state index is 10.9. The molecule has 0 aromatic carbocycles. The van der Waals surface area contributed by atoms with Gasteiger partial charge in [-0.25, -0.2) is 0 Å². The van der Waals surface area contributed by atoms with E-state index in [1.807, 2.05) is 0 Å². The molecular weight excluding hydrogens is 160 g/mol. The summed E-state index contributed by atoms with van der Waals surface area (Å²) < 4.78 is 0. The standard InChI is InChI=1S/C7H12N2O3/c8-5(10)7(6(11)12)1-3-9-4-2-7/h9H,1-4H2,(H2,8,10)(H,11,12). The highest BCUT2D eigenvalue weighted by molar-refractivity contribution is 6.01. The molecule has 1 fully saturated rings. The maximum absolute atomic E-state index is 10.9. The normalized spacial score (nSPS) is 21.7. The predicted octanol–water partition coefficient (Wildman–Crippen LogP) is -1.07. The molecule has 0 aromatic heterocycles. The summed E-state index contributed by atoms with van der Waals surface area (Å²) in [5.41, 5.74) is 3.73. The van der Waals surface area contributed by atoms with Crippen LogP contribution in [0.3, 0.4) is 0 Å². The van der Waals surface area contributed by atoms with Gasteiger partial charge in [-0.05, 0) is 25.9 Å². The zero-order valence-electron chi connectivity index (χ0n) is 6.67. The van der Waals surface area contributed by atoms with E-state index in [2.05, 4.69) is 5.32 Å². The number of hydrogen-bond acceptors (Lipinski definition) is 3. The van der Waals surface area contributed by atoms with E-state index in [1.165, 1.54) is 0 Å². The molecule has 5 heteroatoms. The number of piperidine rings is 1. The Morgan fingerprint density at radius 3 is 2.08 bits per heavy atom. The van der Waals surface area contributed by atoms with E-state index in [9.17, 15) is 9.59 Å². The molecule has 1 aliphatic heterocycles. The molecule has 1 heterocycles. The van der Waals surface area contributed by atoms with Crippen molar-refractivity contribution in [3.63, 3.8) is 0 Å². The van der Waals surface area contributed by atoms with Crippen molar-refractivity contribution in [2.24, 2.45) is 11.1 Å². The topological polar surface area (TPSA) is 92.4 Å². The average Bonchev–Trinajstić information content (AvgIpc) is 2.05. The number of carbonyl (C=O) groups is 2.